The number of carbonyl (C=O) groups is 2. The minimum Gasteiger partial charge on any atom is -0.486 e. The molecule has 3 N–H and O–H groups in total. The van der Waals surface area contributed by atoms with Crippen molar-refractivity contribution < 1.29 is 19.4 Å². The lowest BCUT2D eigenvalue weighted by Crippen LogP contribution is -2.29. The highest BCUT2D eigenvalue weighted by molar-refractivity contribution is 6.37. The first kappa shape index (κ1) is 21.8. The normalized spacial score (nSPS) is 12.7. The van der Waals surface area contributed by atoms with Crippen LogP contribution in [0.4, 0.5) is 5.69 Å². The third-order valence-electron chi connectivity index (χ3n) is 4.46. The molecule has 3 rings (SSSR count). The number of carboxylic acids is 1. The van der Waals surface area contributed by atoms with Crippen LogP contribution in [0.1, 0.15) is 34.3 Å². The van der Waals surface area contributed by atoms with E-state index in [-0.39, 0.29) is 28.0 Å². The monoisotopic (exact) mass is 447 g/mol. The molecular weight excluding hydrogens is 429 g/mol. The zero-order chi connectivity index (χ0) is 21.7. The molecule has 0 bridgehead atoms. The number of carboxylic acid groups (broad SMARTS) is 1. The number of carbonyl (C=O) groups excluding carboxylic acids is 1. The van der Waals surface area contributed by atoms with E-state index in [1.54, 1.807) is 12.1 Å². The van der Waals surface area contributed by atoms with E-state index in [1.165, 1.54) is 25.0 Å². The summed E-state index contributed by atoms with van der Waals surface area (Å²) in [6.07, 6.45) is 2.45. The number of nitrogens with one attached hydrogen (secondary N) is 2. The number of benzene rings is 2. The fraction of sp³-hybridized carbons (Fsp3) is 0.286. The topological polar surface area (TPSA) is 111 Å². The lowest BCUT2D eigenvalue weighted by molar-refractivity contribution is -0.135. The Labute approximate surface area is 183 Å². The van der Waals surface area contributed by atoms with Crippen molar-refractivity contribution >= 4 is 40.8 Å². The van der Waals surface area contributed by atoms with E-state index >= 15 is 0 Å². The van der Waals surface area contributed by atoms with Crippen molar-refractivity contribution in [3.05, 3.63) is 57.1 Å². The fourth-order valence-electron chi connectivity index (χ4n) is 2.77. The van der Waals surface area contributed by atoms with Crippen LogP contribution in [-0.4, -0.2) is 30.1 Å². The number of hydrogen-bond acceptors (Lipinski definition) is 5. The van der Waals surface area contributed by atoms with Gasteiger partial charge in [-0.05, 0) is 54.7 Å². The maximum atomic E-state index is 12.0. The molecule has 0 saturated heterocycles. The summed E-state index contributed by atoms with van der Waals surface area (Å²) in [6, 6.07) is 10.3. The lowest BCUT2D eigenvalue weighted by Gasteiger charge is -2.13. The first-order chi connectivity index (χ1) is 14.4. The first-order valence-corrected chi connectivity index (χ1v) is 10.0. The summed E-state index contributed by atoms with van der Waals surface area (Å²) < 4.78 is 5.75. The molecule has 1 aliphatic rings. The molecular formula is C21H19Cl2N3O4. The number of amides is 1. The Kier molecular flexibility index (Phi) is 7.03. The molecule has 7 nitrogen and oxygen atoms in total. The van der Waals surface area contributed by atoms with Gasteiger partial charge in [0.2, 0.25) is 0 Å². The smallest absolute Gasteiger partial charge is 0.322 e. The first-order valence-electron chi connectivity index (χ1n) is 9.25. The average Bonchev–Trinajstić information content (AvgIpc) is 3.54. The molecule has 1 saturated carbocycles. The number of anilines is 1. The number of rotatable bonds is 9. The van der Waals surface area contributed by atoms with Gasteiger partial charge in [-0.2, -0.15) is 5.26 Å². The number of nitriles is 1. The quantitative estimate of drug-likeness (QED) is 0.533. The third-order valence-corrected chi connectivity index (χ3v) is 5.02. The maximum Gasteiger partial charge on any atom is 0.322 e. The van der Waals surface area contributed by atoms with Crippen molar-refractivity contribution in [3.8, 4) is 11.8 Å². The van der Waals surface area contributed by atoms with Gasteiger partial charge >= 0.3 is 5.97 Å². The summed E-state index contributed by atoms with van der Waals surface area (Å²) in [7, 11) is 0. The molecule has 0 atom stereocenters. The maximum absolute atomic E-state index is 12.0. The van der Waals surface area contributed by atoms with Gasteiger partial charge in [0, 0.05) is 17.8 Å². The Morgan fingerprint density at radius 1 is 1.17 bits per heavy atom. The number of hydrogen-bond donors (Lipinski definition) is 3. The van der Waals surface area contributed by atoms with E-state index in [4.69, 9.17) is 33.0 Å². The van der Waals surface area contributed by atoms with Gasteiger partial charge in [-0.15, -0.1) is 0 Å². The molecule has 0 unspecified atom stereocenters. The van der Waals surface area contributed by atoms with Crippen LogP contribution in [0.2, 0.25) is 10.0 Å². The van der Waals surface area contributed by atoms with Crippen molar-refractivity contribution in [1.29, 1.82) is 5.26 Å². The fourth-order valence-corrected chi connectivity index (χ4v) is 3.36. The minimum absolute atomic E-state index is 0.117. The summed E-state index contributed by atoms with van der Waals surface area (Å²) in [5.74, 6) is -0.880. The average molecular weight is 448 g/mol. The van der Waals surface area contributed by atoms with Gasteiger partial charge in [-0.25, -0.2) is 0 Å². The van der Waals surface area contributed by atoms with Gasteiger partial charge in [0.15, 0.2) is 5.75 Å². The lowest BCUT2D eigenvalue weighted by atomic mass is 10.1. The standard InChI is InChI=1S/C21H19Cl2N3O4/c22-17-6-15(21(29)26-10-19(27)28)7-18(23)20(17)30-11-14-3-13(8-24)4-16(5-14)25-9-12-1-2-12/h3-7,12,25H,1-2,9-11H2,(H,26,29)(H,27,28). The second kappa shape index (κ2) is 9.70. The Hall–Kier alpha value is -2.95. The van der Waals surface area contributed by atoms with E-state index in [0.717, 1.165) is 17.8 Å². The van der Waals surface area contributed by atoms with Crippen LogP contribution in [0.3, 0.4) is 0 Å². The molecule has 156 valence electrons. The van der Waals surface area contributed by atoms with Crippen LogP contribution >= 0.6 is 23.2 Å². The van der Waals surface area contributed by atoms with Gasteiger partial charge in [0.05, 0.1) is 21.7 Å². The Morgan fingerprint density at radius 2 is 1.87 bits per heavy atom. The molecule has 0 aliphatic heterocycles. The van der Waals surface area contributed by atoms with Crippen LogP contribution in [0.15, 0.2) is 30.3 Å². The summed E-state index contributed by atoms with van der Waals surface area (Å²) in [6.45, 7) is 0.481. The van der Waals surface area contributed by atoms with Crippen LogP contribution in [0, 0.1) is 17.2 Å². The van der Waals surface area contributed by atoms with Crippen LogP contribution in [0.5, 0.6) is 5.75 Å². The van der Waals surface area contributed by atoms with Crippen LogP contribution < -0.4 is 15.4 Å². The minimum atomic E-state index is -1.16. The van der Waals surface area contributed by atoms with E-state index in [9.17, 15) is 14.9 Å². The molecule has 2 aromatic carbocycles. The zero-order valence-electron chi connectivity index (χ0n) is 15.9. The van der Waals surface area contributed by atoms with Crippen molar-refractivity contribution in [2.75, 3.05) is 18.4 Å². The molecule has 0 spiro atoms. The molecule has 1 aliphatic carbocycles. The van der Waals surface area contributed by atoms with E-state index in [1.807, 2.05) is 6.07 Å². The number of aliphatic carboxylic acids is 1. The SMILES string of the molecule is N#Cc1cc(COc2c(Cl)cc(C(=O)NCC(=O)O)cc2Cl)cc(NCC2CC2)c1. The molecule has 2 aromatic rings. The molecule has 0 aromatic heterocycles. The largest absolute Gasteiger partial charge is 0.486 e. The van der Waals surface area contributed by atoms with Gasteiger partial charge in [-0.3, -0.25) is 9.59 Å². The third kappa shape index (κ3) is 6.02. The number of nitrogens with zero attached hydrogens (tertiary/aromatic N) is 1. The number of ether oxygens (including phenoxy) is 1. The van der Waals surface area contributed by atoms with Crippen molar-refractivity contribution in [3.63, 3.8) is 0 Å². The highest BCUT2D eigenvalue weighted by Gasteiger charge is 2.20. The van der Waals surface area contributed by atoms with Crippen LogP contribution in [-0.2, 0) is 11.4 Å². The van der Waals surface area contributed by atoms with E-state index in [2.05, 4.69) is 16.7 Å². The Bertz CT molecular complexity index is 993. The highest BCUT2D eigenvalue weighted by Crippen LogP contribution is 2.35. The summed E-state index contributed by atoms with van der Waals surface area (Å²) in [5.41, 5.74) is 2.25. The second-order valence-corrected chi connectivity index (χ2v) is 7.80. The molecule has 0 heterocycles. The van der Waals surface area contributed by atoms with Crippen molar-refractivity contribution in [2.24, 2.45) is 5.92 Å². The molecule has 30 heavy (non-hydrogen) atoms. The van der Waals surface area contributed by atoms with Crippen molar-refractivity contribution in [1.82, 2.24) is 5.32 Å². The van der Waals surface area contributed by atoms with Gasteiger partial charge in [0.1, 0.15) is 13.2 Å². The highest BCUT2D eigenvalue weighted by atomic mass is 35.5. The molecule has 9 heteroatoms. The second-order valence-electron chi connectivity index (χ2n) is 6.99. The molecule has 1 amide bonds. The van der Waals surface area contributed by atoms with Crippen molar-refractivity contribution in [2.45, 2.75) is 19.4 Å². The zero-order valence-corrected chi connectivity index (χ0v) is 17.4. The Morgan fingerprint density at radius 3 is 2.47 bits per heavy atom. The Balaban J connectivity index is 1.70. The summed E-state index contributed by atoms with van der Waals surface area (Å²) in [4.78, 5) is 22.6. The van der Waals surface area contributed by atoms with E-state index in [0.29, 0.717) is 11.5 Å². The van der Waals surface area contributed by atoms with Crippen LogP contribution in [0.25, 0.3) is 0 Å². The molecule has 1 fully saturated rings. The molecule has 0 radical (unpaired) electrons. The number of halogens is 2. The van der Waals surface area contributed by atoms with Gasteiger partial charge < -0.3 is 20.5 Å². The van der Waals surface area contributed by atoms with E-state index < -0.39 is 18.4 Å². The summed E-state index contributed by atoms with van der Waals surface area (Å²) in [5, 5.41) is 23.7. The van der Waals surface area contributed by atoms with Gasteiger partial charge in [-0.1, -0.05) is 23.2 Å². The van der Waals surface area contributed by atoms with Gasteiger partial charge in [0.25, 0.3) is 5.91 Å². The summed E-state index contributed by atoms with van der Waals surface area (Å²) >= 11 is 12.4. The predicted molar refractivity (Wildman–Crippen MR) is 113 cm³/mol. The predicted octanol–water partition coefficient (Wildman–Crippen LogP) is 4.08.